The van der Waals surface area contributed by atoms with Gasteiger partial charge in [-0.2, -0.15) is 0 Å². The molecule has 0 aliphatic carbocycles. The fourth-order valence-electron chi connectivity index (χ4n) is 3.26. The van der Waals surface area contributed by atoms with Crippen LogP contribution in [0.5, 0.6) is 5.75 Å². The van der Waals surface area contributed by atoms with Gasteiger partial charge in [-0.15, -0.1) is 0 Å². The van der Waals surface area contributed by atoms with E-state index in [4.69, 9.17) is 14.9 Å². The molecule has 1 atom stereocenters. The number of rotatable bonds is 4. The fraction of sp³-hybridized carbons (Fsp3) is 0.444. The third-order valence-electron chi connectivity index (χ3n) is 4.50. The number of carbonyl (C=O) groups excluding carboxylic acids is 2. The van der Waals surface area contributed by atoms with E-state index in [1.54, 1.807) is 11.0 Å². The number of likely N-dealkylation sites (tertiary alicyclic amines) is 1. The van der Waals surface area contributed by atoms with E-state index in [2.05, 4.69) is 0 Å². The van der Waals surface area contributed by atoms with Crippen LogP contribution in [0.25, 0.3) is 11.0 Å². The minimum atomic E-state index is -0.558. The number of primary amides is 1. The minimum Gasteiger partial charge on any atom is -0.494 e. The Morgan fingerprint density at radius 2 is 2.17 bits per heavy atom. The zero-order chi connectivity index (χ0) is 17.3. The third kappa shape index (κ3) is 2.84. The molecule has 6 nitrogen and oxygen atoms in total. The number of hydrogen-bond acceptors (Lipinski definition) is 4. The number of ether oxygens (including phenoxy) is 1. The molecule has 24 heavy (non-hydrogen) atoms. The van der Waals surface area contributed by atoms with E-state index in [1.165, 1.54) is 0 Å². The largest absolute Gasteiger partial charge is 0.494 e. The van der Waals surface area contributed by atoms with E-state index in [0.717, 1.165) is 29.5 Å². The van der Waals surface area contributed by atoms with Crippen LogP contribution in [0.4, 0.5) is 0 Å². The van der Waals surface area contributed by atoms with Gasteiger partial charge < -0.3 is 19.8 Å². The van der Waals surface area contributed by atoms with Crippen molar-refractivity contribution in [3.05, 3.63) is 29.5 Å². The molecular formula is C18H22N2O4. The van der Waals surface area contributed by atoms with E-state index >= 15 is 0 Å². The van der Waals surface area contributed by atoms with Crippen LogP contribution in [0.15, 0.2) is 22.6 Å². The normalized spacial score (nSPS) is 17.9. The number of piperidine rings is 1. The first-order valence-corrected chi connectivity index (χ1v) is 8.29. The van der Waals surface area contributed by atoms with Crippen molar-refractivity contribution in [3.8, 4) is 5.75 Å². The highest BCUT2D eigenvalue weighted by atomic mass is 16.5. The van der Waals surface area contributed by atoms with Gasteiger partial charge in [-0.05, 0) is 51.3 Å². The van der Waals surface area contributed by atoms with Gasteiger partial charge in [-0.3, -0.25) is 9.59 Å². The van der Waals surface area contributed by atoms with Crippen molar-refractivity contribution >= 4 is 22.8 Å². The van der Waals surface area contributed by atoms with Gasteiger partial charge in [0.25, 0.3) is 5.91 Å². The second kappa shape index (κ2) is 6.55. The number of carbonyl (C=O) groups is 2. The molecule has 0 radical (unpaired) electrons. The van der Waals surface area contributed by atoms with Crippen LogP contribution >= 0.6 is 0 Å². The molecule has 3 rings (SSSR count). The molecule has 2 amide bonds. The van der Waals surface area contributed by atoms with Gasteiger partial charge in [0.2, 0.25) is 5.91 Å². The van der Waals surface area contributed by atoms with E-state index in [1.807, 2.05) is 26.0 Å². The van der Waals surface area contributed by atoms with E-state index in [9.17, 15) is 9.59 Å². The highest BCUT2D eigenvalue weighted by Gasteiger charge is 2.33. The highest BCUT2D eigenvalue weighted by Crippen LogP contribution is 2.31. The summed E-state index contributed by atoms with van der Waals surface area (Å²) in [5.41, 5.74) is 6.85. The molecule has 1 aliphatic rings. The molecule has 6 heteroatoms. The number of benzene rings is 1. The number of aryl methyl sites for hydroxylation is 1. The summed E-state index contributed by atoms with van der Waals surface area (Å²) in [6, 6.07) is 4.93. The average Bonchev–Trinajstić information content (AvgIpc) is 2.91. The zero-order valence-corrected chi connectivity index (χ0v) is 14.0. The molecule has 0 saturated carbocycles. The Hall–Kier alpha value is -2.50. The summed E-state index contributed by atoms with van der Waals surface area (Å²) in [6.07, 6.45) is 2.37. The lowest BCUT2D eigenvalue weighted by atomic mass is 10.0. The van der Waals surface area contributed by atoms with E-state index in [0.29, 0.717) is 25.2 Å². The minimum absolute atomic E-state index is 0.270. The summed E-state index contributed by atoms with van der Waals surface area (Å²) in [5, 5.41) is 0.844. The predicted octanol–water partition coefficient (Wildman–Crippen LogP) is 2.62. The molecule has 1 saturated heterocycles. The average molecular weight is 330 g/mol. The molecule has 2 heterocycles. The maximum atomic E-state index is 12.9. The molecular weight excluding hydrogens is 308 g/mol. The molecule has 0 spiro atoms. The van der Waals surface area contributed by atoms with Crippen LogP contribution < -0.4 is 10.5 Å². The van der Waals surface area contributed by atoms with Crippen molar-refractivity contribution in [1.29, 1.82) is 0 Å². The van der Waals surface area contributed by atoms with Gasteiger partial charge in [0, 0.05) is 17.5 Å². The third-order valence-corrected chi connectivity index (χ3v) is 4.50. The summed E-state index contributed by atoms with van der Waals surface area (Å²) in [7, 11) is 0. The molecule has 1 fully saturated rings. The Morgan fingerprint density at radius 3 is 2.88 bits per heavy atom. The monoisotopic (exact) mass is 330 g/mol. The Kier molecular flexibility index (Phi) is 4.46. The quantitative estimate of drug-likeness (QED) is 0.933. The molecule has 1 aromatic heterocycles. The van der Waals surface area contributed by atoms with Crippen molar-refractivity contribution in [2.45, 2.75) is 39.2 Å². The van der Waals surface area contributed by atoms with Crippen molar-refractivity contribution in [2.24, 2.45) is 5.73 Å². The Balaban J connectivity index is 1.97. The van der Waals surface area contributed by atoms with Crippen molar-refractivity contribution < 1.29 is 18.7 Å². The SMILES string of the molecule is CCOc1ccc2oc(C(=O)N3CCCC[C@@H]3C(N)=O)c(C)c2c1. The molecule has 0 unspecified atom stereocenters. The van der Waals surface area contributed by atoms with Gasteiger partial charge in [-0.1, -0.05) is 0 Å². The molecule has 1 aromatic carbocycles. The predicted molar refractivity (Wildman–Crippen MR) is 90.0 cm³/mol. The topological polar surface area (TPSA) is 85.8 Å². The van der Waals surface area contributed by atoms with Crippen molar-refractivity contribution in [1.82, 2.24) is 4.90 Å². The van der Waals surface area contributed by atoms with Crippen LogP contribution in [-0.4, -0.2) is 35.9 Å². The molecule has 128 valence electrons. The van der Waals surface area contributed by atoms with Gasteiger partial charge in [-0.25, -0.2) is 0 Å². The van der Waals surface area contributed by atoms with E-state index < -0.39 is 11.9 Å². The van der Waals surface area contributed by atoms with Gasteiger partial charge in [0.05, 0.1) is 6.61 Å². The van der Waals surface area contributed by atoms with Crippen LogP contribution in [0.1, 0.15) is 42.3 Å². The van der Waals surface area contributed by atoms with Gasteiger partial charge in [0.1, 0.15) is 17.4 Å². The zero-order valence-electron chi connectivity index (χ0n) is 14.0. The summed E-state index contributed by atoms with van der Waals surface area (Å²) in [6.45, 7) is 4.86. The molecule has 2 N–H and O–H groups in total. The summed E-state index contributed by atoms with van der Waals surface area (Å²) < 4.78 is 11.3. The molecule has 1 aliphatic heterocycles. The molecule has 0 bridgehead atoms. The number of amides is 2. The van der Waals surface area contributed by atoms with Crippen LogP contribution in [0.3, 0.4) is 0 Å². The van der Waals surface area contributed by atoms with Crippen molar-refractivity contribution in [3.63, 3.8) is 0 Å². The number of nitrogens with two attached hydrogens (primary N) is 1. The molecule has 2 aromatic rings. The number of fused-ring (bicyclic) bond motifs is 1. The Labute approximate surface area is 140 Å². The number of furan rings is 1. The second-order valence-electron chi connectivity index (χ2n) is 6.06. The first kappa shape index (κ1) is 16.4. The lowest BCUT2D eigenvalue weighted by molar-refractivity contribution is -0.123. The number of nitrogens with zero attached hydrogens (tertiary/aromatic N) is 1. The Morgan fingerprint density at radius 1 is 1.38 bits per heavy atom. The van der Waals surface area contributed by atoms with Gasteiger partial charge >= 0.3 is 0 Å². The Bertz CT molecular complexity index is 781. The second-order valence-corrected chi connectivity index (χ2v) is 6.06. The van der Waals surface area contributed by atoms with Gasteiger partial charge in [0.15, 0.2) is 5.76 Å². The lowest BCUT2D eigenvalue weighted by Crippen LogP contribution is -2.50. The fourth-order valence-corrected chi connectivity index (χ4v) is 3.26. The summed E-state index contributed by atoms with van der Waals surface area (Å²) in [4.78, 5) is 26.1. The smallest absolute Gasteiger partial charge is 0.290 e. The maximum Gasteiger partial charge on any atom is 0.290 e. The van der Waals surface area contributed by atoms with Crippen molar-refractivity contribution in [2.75, 3.05) is 13.2 Å². The summed E-state index contributed by atoms with van der Waals surface area (Å²) in [5.74, 6) is 0.272. The first-order valence-electron chi connectivity index (χ1n) is 8.29. The van der Waals surface area contributed by atoms with Crippen LogP contribution in [0.2, 0.25) is 0 Å². The number of hydrogen-bond donors (Lipinski definition) is 1. The maximum absolute atomic E-state index is 12.9. The summed E-state index contributed by atoms with van der Waals surface area (Å²) >= 11 is 0. The lowest BCUT2D eigenvalue weighted by Gasteiger charge is -2.33. The highest BCUT2D eigenvalue weighted by molar-refractivity contribution is 6.01. The van der Waals surface area contributed by atoms with E-state index in [-0.39, 0.29) is 11.7 Å². The standard InChI is InChI=1S/C18H22N2O4/c1-3-23-12-7-8-15-13(10-12)11(2)16(24-15)18(22)20-9-5-4-6-14(20)17(19)21/h7-8,10,14H,3-6,9H2,1-2H3,(H2,19,21)/t14-/m1/s1. The van der Waals surface area contributed by atoms with Crippen LogP contribution in [0, 0.1) is 6.92 Å². The van der Waals surface area contributed by atoms with Crippen LogP contribution in [-0.2, 0) is 4.79 Å². The first-order chi connectivity index (χ1) is 11.5.